The maximum atomic E-state index is 13.0. The zero-order valence-electron chi connectivity index (χ0n) is 14.3. The number of nitrogens with two attached hydrogens (primary N) is 1. The summed E-state index contributed by atoms with van der Waals surface area (Å²) >= 11 is 1.61. The van der Waals surface area contributed by atoms with Crippen LogP contribution in [0, 0.1) is 11.7 Å². The number of aliphatic imine (C=N–C) groups is 1. The minimum absolute atomic E-state index is 0.171. The van der Waals surface area contributed by atoms with Crippen LogP contribution in [0.2, 0.25) is 0 Å². The molecule has 0 unspecified atom stereocenters. The summed E-state index contributed by atoms with van der Waals surface area (Å²) in [6, 6.07) is 8.49. The Morgan fingerprint density at radius 2 is 2.23 bits per heavy atom. The Hall–Kier alpha value is -2.41. The zero-order chi connectivity index (χ0) is 18.3. The van der Waals surface area contributed by atoms with Crippen LogP contribution in [0.15, 0.2) is 41.5 Å². The fourth-order valence-electron chi connectivity index (χ4n) is 3.72. The van der Waals surface area contributed by atoms with Crippen LogP contribution in [-0.4, -0.2) is 21.8 Å². The number of halogens is 1. The van der Waals surface area contributed by atoms with Crippen LogP contribution in [0.1, 0.15) is 35.0 Å². The van der Waals surface area contributed by atoms with Crippen molar-refractivity contribution in [3.05, 3.63) is 59.2 Å². The average Bonchev–Trinajstić information content (AvgIpc) is 2.62. The minimum atomic E-state index is -0.472. The standard InChI is InChI=1S/C19H19FN4OS/c1-19-12(10-26-18(21)24-19)4-2-11-3-6-14(8-15(11)19)23-17(25)16-7-5-13(20)9-22-16/h3,5-9,12H,2,4,10H2,1H3,(H2,21,24)(H,23,25)/t12-,19+/m1/s1. The molecule has 134 valence electrons. The molecule has 26 heavy (non-hydrogen) atoms. The molecule has 1 amide bonds. The number of thioether (sulfide) groups is 1. The van der Waals surface area contributed by atoms with Crippen LogP contribution in [0.3, 0.4) is 0 Å². The predicted octanol–water partition coefficient (Wildman–Crippen LogP) is 3.31. The lowest BCUT2D eigenvalue weighted by molar-refractivity contribution is 0.102. The molecular weight excluding hydrogens is 351 g/mol. The smallest absolute Gasteiger partial charge is 0.274 e. The molecular formula is C19H19FN4OS. The van der Waals surface area contributed by atoms with E-state index in [1.807, 2.05) is 18.2 Å². The highest BCUT2D eigenvalue weighted by Crippen LogP contribution is 2.47. The fourth-order valence-corrected chi connectivity index (χ4v) is 4.84. The van der Waals surface area contributed by atoms with Gasteiger partial charge in [-0.25, -0.2) is 9.37 Å². The van der Waals surface area contributed by atoms with Gasteiger partial charge in [0.05, 0.1) is 11.7 Å². The third-order valence-corrected chi connectivity index (χ3v) is 6.16. The van der Waals surface area contributed by atoms with Crippen LogP contribution >= 0.6 is 11.8 Å². The molecule has 0 saturated heterocycles. The molecule has 0 radical (unpaired) electrons. The molecule has 2 aliphatic rings. The molecule has 0 saturated carbocycles. The molecule has 7 heteroatoms. The first-order valence-electron chi connectivity index (χ1n) is 8.50. The number of nitrogens with one attached hydrogen (secondary N) is 1. The Kier molecular flexibility index (Phi) is 4.19. The van der Waals surface area contributed by atoms with E-state index in [9.17, 15) is 9.18 Å². The molecule has 5 nitrogen and oxygen atoms in total. The molecule has 3 N–H and O–H groups in total. The number of carbonyl (C=O) groups is 1. The number of aryl methyl sites for hydroxylation is 1. The number of benzene rings is 1. The molecule has 1 aromatic heterocycles. The molecule has 2 atom stereocenters. The van der Waals surface area contributed by atoms with Crippen molar-refractivity contribution in [2.75, 3.05) is 11.1 Å². The normalized spacial score (nSPS) is 24.2. The predicted molar refractivity (Wildman–Crippen MR) is 102 cm³/mol. The highest BCUT2D eigenvalue weighted by Gasteiger charge is 2.42. The van der Waals surface area contributed by atoms with Crippen LogP contribution in [-0.2, 0) is 12.0 Å². The number of nitrogens with zero attached hydrogens (tertiary/aromatic N) is 2. The number of hydrogen-bond acceptors (Lipinski definition) is 5. The Morgan fingerprint density at radius 3 is 3.00 bits per heavy atom. The van der Waals surface area contributed by atoms with Crippen molar-refractivity contribution >= 4 is 28.5 Å². The van der Waals surface area contributed by atoms with E-state index in [2.05, 4.69) is 17.2 Å². The minimum Gasteiger partial charge on any atom is -0.379 e. The lowest BCUT2D eigenvalue weighted by Gasteiger charge is -2.42. The molecule has 1 aliphatic heterocycles. The van der Waals surface area contributed by atoms with E-state index < -0.39 is 5.82 Å². The molecule has 1 aromatic carbocycles. The SMILES string of the molecule is C[C@]12N=C(N)SC[C@H]1CCc1ccc(NC(=O)c3ccc(F)cn3)cc12. The number of rotatable bonds is 2. The van der Waals surface area contributed by atoms with Gasteiger partial charge in [-0.2, -0.15) is 0 Å². The van der Waals surface area contributed by atoms with E-state index in [0.717, 1.165) is 30.4 Å². The van der Waals surface area contributed by atoms with Crippen LogP contribution in [0.5, 0.6) is 0 Å². The van der Waals surface area contributed by atoms with Gasteiger partial charge in [-0.1, -0.05) is 17.8 Å². The summed E-state index contributed by atoms with van der Waals surface area (Å²) in [6.45, 7) is 2.12. The van der Waals surface area contributed by atoms with Crippen molar-refractivity contribution in [2.24, 2.45) is 16.6 Å². The second kappa shape index (κ2) is 6.39. The summed E-state index contributed by atoms with van der Waals surface area (Å²) in [6.07, 6.45) is 3.11. The van der Waals surface area contributed by atoms with Gasteiger partial charge in [-0.3, -0.25) is 9.79 Å². The third-order valence-electron chi connectivity index (χ3n) is 5.20. The number of amidine groups is 1. The molecule has 1 aliphatic carbocycles. The number of amides is 1. The molecule has 0 fully saturated rings. The van der Waals surface area contributed by atoms with Gasteiger partial charge in [0.2, 0.25) is 0 Å². The second-order valence-electron chi connectivity index (χ2n) is 6.83. The monoisotopic (exact) mass is 370 g/mol. The van der Waals surface area contributed by atoms with E-state index in [4.69, 9.17) is 10.7 Å². The summed E-state index contributed by atoms with van der Waals surface area (Å²) in [4.78, 5) is 20.9. The lowest BCUT2D eigenvalue weighted by atomic mass is 9.71. The number of aromatic nitrogens is 1. The maximum absolute atomic E-state index is 13.0. The van der Waals surface area contributed by atoms with Crippen molar-refractivity contribution in [1.82, 2.24) is 4.98 Å². The van der Waals surface area contributed by atoms with Crippen molar-refractivity contribution < 1.29 is 9.18 Å². The lowest BCUT2D eigenvalue weighted by Crippen LogP contribution is -2.41. The fraction of sp³-hybridized carbons (Fsp3) is 0.316. The van der Waals surface area contributed by atoms with Crippen molar-refractivity contribution in [3.8, 4) is 0 Å². The summed E-state index contributed by atoms with van der Waals surface area (Å²) in [7, 11) is 0. The topological polar surface area (TPSA) is 80.4 Å². The van der Waals surface area contributed by atoms with Gasteiger partial charge in [-0.15, -0.1) is 0 Å². The van der Waals surface area contributed by atoms with E-state index in [-0.39, 0.29) is 17.1 Å². The number of fused-ring (bicyclic) bond motifs is 3. The first-order valence-corrected chi connectivity index (χ1v) is 9.49. The number of pyridine rings is 1. The molecule has 4 rings (SSSR count). The summed E-state index contributed by atoms with van der Waals surface area (Å²) in [5, 5.41) is 3.46. The second-order valence-corrected chi connectivity index (χ2v) is 7.87. The number of carbonyl (C=O) groups excluding carboxylic acids is 1. The highest BCUT2D eigenvalue weighted by atomic mass is 32.2. The van der Waals surface area contributed by atoms with Gasteiger partial charge < -0.3 is 11.1 Å². The summed E-state index contributed by atoms with van der Waals surface area (Å²) < 4.78 is 13.0. The van der Waals surface area contributed by atoms with Crippen LogP contribution in [0.25, 0.3) is 0 Å². The van der Waals surface area contributed by atoms with Crippen LogP contribution in [0.4, 0.5) is 10.1 Å². The quantitative estimate of drug-likeness (QED) is 0.850. The highest BCUT2D eigenvalue weighted by molar-refractivity contribution is 8.13. The molecule has 2 aromatic rings. The third kappa shape index (κ3) is 2.96. The van der Waals surface area contributed by atoms with Crippen molar-refractivity contribution in [3.63, 3.8) is 0 Å². The van der Waals surface area contributed by atoms with Gasteiger partial charge >= 0.3 is 0 Å². The first kappa shape index (κ1) is 17.0. The zero-order valence-corrected chi connectivity index (χ0v) is 15.1. The number of hydrogen-bond donors (Lipinski definition) is 2. The number of anilines is 1. The first-order chi connectivity index (χ1) is 12.5. The van der Waals surface area contributed by atoms with E-state index in [1.165, 1.54) is 17.7 Å². The summed E-state index contributed by atoms with van der Waals surface area (Å²) in [5.74, 6) is 0.545. The van der Waals surface area contributed by atoms with Gasteiger partial charge in [0, 0.05) is 11.4 Å². The summed E-state index contributed by atoms with van der Waals surface area (Å²) in [5.41, 5.74) is 8.83. The Bertz CT molecular complexity index is 899. The molecule has 0 bridgehead atoms. The van der Waals surface area contributed by atoms with E-state index in [0.29, 0.717) is 16.8 Å². The van der Waals surface area contributed by atoms with Crippen molar-refractivity contribution in [1.29, 1.82) is 0 Å². The Labute approximate surface area is 155 Å². The van der Waals surface area contributed by atoms with Gasteiger partial charge in [0.15, 0.2) is 5.17 Å². The Balaban J connectivity index is 1.65. The van der Waals surface area contributed by atoms with Gasteiger partial charge in [0.1, 0.15) is 11.5 Å². The Morgan fingerprint density at radius 1 is 1.38 bits per heavy atom. The largest absolute Gasteiger partial charge is 0.379 e. The van der Waals surface area contributed by atoms with Gasteiger partial charge in [0.25, 0.3) is 5.91 Å². The van der Waals surface area contributed by atoms with E-state index in [1.54, 1.807) is 11.8 Å². The average molecular weight is 370 g/mol. The van der Waals surface area contributed by atoms with Gasteiger partial charge in [-0.05, 0) is 61.1 Å². The van der Waals surface area contributed by atoms with Crippen molar-refractivity contribution in [2.45, 2.75) is 25.3 Å². The maximum Gasteiger partial charge on any atom is 0.274 e. The van der Waals surface area contributed by atoms with Crippen LogP contribution < -0.4 is 11.1 Å². The molecule has 0 spiro atoms. The molecule has 2 heterocycles. The van der Waals surface area contributed by atoms with E-state index >= 15 is 0 Å².